The fourth-order valence-corrected chi connectivity index (χ4v) is 1.57. The van der Waals surface area contributed by atoms with Crippen molar-refractivity contribution in [2.75, 3.05) is 6.61 Å². The SMILES string of the molecule is CCOC(=O)c1cn(CCCc2ncn[nH]2)cn1. The van der Waals surface area contributed by atoms with E-state index in [2.05, 4.69) is 20.2 Å². The molecule has 0 bridgehead atoms. The van der Waals surface area contributed by atoms with Gasteiger partial charge >= 0.3 is 5.97 Å². The van der Waals surface area contributed by atoms with Crippen LogP contribution in [0.4, 0.5) is 0 Å². The van der Waals surface area contributed by atoms with Crippen LogP contribution in [0, 0.1) is 0 Å². The number of rotatable bonds is 6. The summed E-state index contributed by atoms with van der Waals surface area (Å²) in [5.74, 6) is 0.479. The zero-order valence-electron chi connectivity index (χ0n) is 10.2. The van der Waals surface area contributed by atoms with Crippen molar-refractivity contribution in [1.82, 2.24) is 24.7 Å². The van der Waals surface area contributed by atoms with Gasteiger partial charge in [-0.05, 0) is 13.3 Å². The third-order valence-corrected chi connectivity index (χ3v) is 2.41. The van der Waals surface area contributed by atoms with E-state index in [0.29, 0.717) is 12.3 Å². The Morgan fingerprint density at radius 3 is 3.11 bits per heavy atom. The minimum atomic E-state index is -0.383. The molecule has 7 nitrogen and oxygen atoms in total. The van der Waals surface area contributed by atoms with Crippen molar-refractivity contribution in [1.29, 1.82) is 0 Å². The first-order valence-electron chi connectivity index (χ1n) is 5.82. The zero-order chi connectivity index (χ0) is 12.8. The molecule has 96 valence electrons. The average molecular weight is 249 g/mol. The smallest absolute Gasteiger partial charge is 0.358 e. The summed E-state index contributed by atoms with van der Waals surface area (Å²) in [6.07, 6.45) is 6.52. The largest absolute Gasteiger partial charge is 0.461 e. The van der Waals surface area contributed by atoms with Gasteiger partial charge in [-0.3, -0.25) is 5.10 Å². The zero-order valence-corrected chi connectivity index (χ0v) is 10.2. The maximum atomic E-state index is 11.4. The van der Waals surface area contributed by atoms with E-state index in [-0.39, 0.29) is 5.97 Å². The summed E-state index contributed by atoms with van der Waals surface area (Å²) < 4.78 is 6.73. The third-order valence-electron chi connectivity index (χ3n) is 2.41. The van der Waals surface area contributed by atoms with Crippen molar-refractivity contribution in [3.8, 4) is 0 Å². The van der Waals surface area contributed by atoms with Crippen LogP contribution < -0.4 is 0 Å². The monoisotopic (exact) mass is 249 g/mol. The molecule has 2 heterocycles. The molecule has 0 atom stereocenters. The Morgan fingerprint density at radius 1 is 1.50 bits per heavy atom. The molecule has 2 aromatic rings. The number of aryl methyl sites for hydroxylation is 2. The molecule has 0 saturated heterocycles. The van der Waals surface area contributed by atoms with Crippen molar-refractivity contribution in [2.24, 2.45) is 0 Å². The average Bonchev–Trinajstić information content (AvgIpc) is 3.00. The number of carbonyl (C=O) groups excluding carboxylic acids is 1. The highest BCUT2D eigenvalue weighted by Crippen LogP contribution is 2.02. The molecule has 7 heteroatoms. The van der Waals surface area contributed by atoms with Crippen molar-refractivity contribution < 1.29 is 9.53 Å². The lowest BCUT2D eigenvalue weighted by Gasteiger charge is -2.00. The van der Waals surface area contributed by atoms with E-state index in [1.807, 2.05) is 4.57 Å². The molecule has 0 aromatic carbocycles. The fourth-order valence-electron chi connectivity index (χ4n) is 1.57. The van der Waals surface area contributed by atoms with Crippen LogP contribution in [0.5, 0.6) is 0 Å². The second-order valence-corrected chi connectivity index (χ2v) is 3.75. The highest BCUT2D eigenvalue weighted by molar-refractivity contribution is 5.86. The van der Waals surface area contributed by atoms with Gasteiger partial charge in [-0.15, -0.1) is 0 Å². The molecular formula is C11H15N5O2. The Hall–Kier alpha value is -2.18. The van der Waals surface area contributed by atoms with Crippen molar-refractivity contribution in [2.45, 2.75) is 26.3 Å². The van der Waals surface area contributed by atoms with E-state index in [9.17, 15) is 4.79 Å². The molecule has 0 spiro atoms. The van der Waals surface area contributed by atoms with E-state index in [0.717, 1.165) is 25.2 Å². The van der Waals surface area contributed by atoms with Gasteiger partial charge in [0.1, 0.15) is 12.2 Å². The van der Waals surface area contributed by atoms with Crippen LogP contribution >= 0.6 is 0 Å². The molecule has 2 rings (SSSR count). The normalized spacial score (nSPS) is 10.5. The van der Waals surface area contributed by atoms with Crippen LogP contribution in [0.25, 0.3) is 0 Å². The van der Waals surface area contributed by atoms with Gasteiger partial charge in [0.05, 0.1) is 12.9 Å². The quantitative estimate of drug-likeness (QED) is 0.766. The summed E-state index contributed by atoms with van der Waals surface area (Å²) in [5, 5.41) is 6.58. The van der Waals surface area contributed by atoms with Gasteiger partial charge in [-0.1, -0.05) is 0 Å². The predicted octanol–water partition coefficient (Wildman–Crippen LogP) is 0.811. The number of aromatic amines is 1. The number of esters is 1. The Bertz CT molecular complexity index is 491. The number of aromatic nitrogens is 5. The highest BCUT2D eigenvalue weighted by atomic mass is 16.5. The van der Waals surface area contributed by atoms with E-state index < -0.39 is 0 Å². The maximum Gasteiger partial charge on any atom is 0.358 e. The Morgan fingerprint density at radius 2 is 2.39 bits per heavy atom. The summed E-state index contributed by atoms with van der Waals surface area (Å²) in [6.45, 7) is 2.90. The second-order valence-electron chi connectivity index (χ2n) is 3.75. The Balaban J connectivity index is 1.81. The molecule has 0 amide bonds. The van der Waals surface area contributed by atoms with Crippen LogP contribution in [0.2, 0.25) is 0 Å². The van der Waals surface area contributed by atoms with Crippen molar-refractivity contribution >= 4 is 5.97 Å². The summed E-state index contributed by atoms with van der Waals surface area (Å²) in [6, 6.07) is 0. The van der Waals surface area contributed by atoms with Gasteiger partial charge in [-0.25, -0.2) is 14.8 Å². The first-order valence-corrected chi connectivity index (χ1v) is 5.82. The van der Waals surface area contributed by atoms with Crippen LogP contribution in [0.3, 0.4) is 0 Å². The first-order chi connectivity index (χ1) is 8.79. The van der Waals surface area contributed by atoms with Crippen LogP contribution in [0.1, 0.15) is 29.7 Å². The molecule has 2 aromatic heterocycles. The van der Waals surface area contributed by atoms with E-state index >= 15 is 0 Å². The minimum absolute atomic E-state index is 0.344. The third kappa shape index (κ3) is 3.16. The Kier molecular flexibility index (Phi) is 4.06. The number of hydrogen-bond acceptors (Lipinski definition) is 5. The number of hydrogen-bond donors (Lipinski definition) is 1. The lowest BCUT2D eigenvalue weighted by molar-refractivity contribution is 0.0520. The fraction of sp³-hybridized carbons (Fsp3) is 0.455. The summed E-state index contributed by atoms with van der Waals surface area (Å²) >= 11 is 0. The van der Waals surface area contributed by atoms with Crippen LogP contribution in [-0.2, 0) is 17.7 Å². The molecule has 0 aliphatic heterocycles. The number of ether oxygens (including phenoxy) is 1. The molecule has 18 heavy (non-hydrogen) atoms. The molecule has 0 radical (unpaired) electrons. The first kappa shape index (κ1) is 12.3. The Labute approximate surface area is 104 Å². The van der Waals surface area contributed by atoms with Gasteiger partial charge in [0.25, 0.3) is 0 Å². The van der Waals surface area contributed by atoms with Crippen LogP contribution in [-0.4, -0.2) is 37.3 Å². The predicted molar refractivity (Wildman–Crippen MR) is 62.9 cm³/mol. The van der Waals surface area contributed by atoms with Gasteiger partial charge in [0.15, 0.2) is 5.69 Å². The summed E-state index contributed by atoms with van der Waals surface area (Å²) in [4.78, 5) is 19.4. The molecule has 0 aliphatic carbocycles. The number of nitrogens with one attached hydrogen (secondary N) is 1. The van der Waals surface area contributed by atoms with Gasteiger partial charge in [-0.2, -0.15) is 5.10 Å². The van der Waals surface area contributed by atoms with E-state index in [4.69, 9.17) is 4.74 Å². The molecule has 0 aliphatic rings. The standard InChI is InChI=1S/C11H15N5O2/c1-2-18-11(17)9-6-16(8-13-9)5-3-4-10-12-7-14-15-10/h6-8H,2-5H2,1H3,(H,12,14,15). The number of H-pyrrole nitrogens is 1. The van der Waals surface area contributed by atoms with Crippen LogP contribution in [0.15, 0.2) is 18.9 Å². The molecule has 0 fully saturated rings. The summed E-state index contributed by atoms with van der Waals surface area (Å²) in [5.41, 5.74) is 0.344. The summed E-state index contributed by atoms with van der Waals surface area (Å²) in [7, 11) is 0. The van der Waals surface area contributed by atoms with Crippen molar-refractivity contribution in [3.63, 3.8) is 0 Å². The van der Waals surface area contributed by atoms with E-state index in [1.165, 1.54) is 6.33 Å². The van der Waals surface area contributed by atoms with Gasteiger partial charge < -0.3 is 9.30 Å². The number of carbonyl (C=O) groups is 1. The van der Waals surface area contributed by atoms with Gasteiger partial charge in [0.2, 0.25) is 0 Å². The van der Waals surface area contributed by atoms with Gasteiger partial charge in [0, 0.05) is 19.2 Å². The van der Waals surface area contributed by atoms with E-state index in [1.54, 1.807) is 19.4 Å². The topological polar surface area (TPSA) is 85.7 Å². The maximum absolute atomic E-state index is 11.4. The molecular weight excluding hydrogens is 234 g/mol. The lowest BCUT2D eigenvalue weighted by Crippen LogP contribution is -2.05. The number of nitrogens with zero attached hydrogens (tertiary/aromatic N) is 4. The molecule has 0 unspecified atom stereocenters. The second kappa shape index (κ2) is 5.95. The molecule has 1 N–H and O–H groups in total. The lowest BCUT2D eigenvalue weighted by atomic mass is 10.3. The minimum Gasteiger partial charge on any atom is -0.461 e. The van der Waals surface area contributed by atoms with Crippen molar-refractivity contribution in [3.05, 3.63) is 30.4 Å². The number of imidazole rings is 1. The highest BCUT2D eigenvalue weighted by Gasteiger charge is 2.09. The molecule has 0 saturated carbocycles.